The second kappa shape index (κ2) is 8.52. The van der Waals surface area contributed by atoms with Crippen molar-refractivity contribution in [3.8, 4) is 0 Å². The summed E-state index contributed by atoms with van der Waals surface area (Å²) < 4.78 is 0. The van der Waals surface area contributed by atoms with Crippen LogP contribution in [0.5, 0.6) is 0 Å². The van der Waals surface area contributed by atoms with Crippen LogP contribution in [0.3, 0.4) is 0 Å². The molecular formula is C6H12O3S. The number of carbonyl (C=O) groups is 1. The molecular weight excluding hydrogens is 152 g/mol. The first-order valence-corrected chi connectivity index (χ1v) is 3.20. The Morgan fingerprint density at radius 3 is 2.10 bits per heavy atom. The fourth-order valence-corrected chi connectivity index (χ4v) is 0. The van der Waals surface area contributed by atoms with Crippen LogP contribution in [0.25, 0.3) is 0 Å². The van der Waals surface area contributed by atoms with E-state index in [0.29, 0.717) is 0 Å². The summed E-state index contributed by atoms with van der Waals surface area (Å²) in [5.41, 5.74) is 0. The first kappa shape index (κ1) is 12.2. The fourth-order valence-electron chi connectivity index (χ4n) is 0. The molecule has 0 spiro atoms. The smallest absolute Gasteiger partial charge is 0.327 e. The number of rotatable bonds is 2. The van der Waals surface area contributed by atoms with Gasteiger partial charge in [-0.15, -0.1) is 0 Å². The topological polar surface area (TPSA) is 57.5 Å². The third-order valence-corrected chi connectivity index (χ3v) is 0.602. The van der Waals surface area contributed by atoms with E-state index >= 15 is 0 Å². The minimum Gasteiger partial charge on any atom is -0.478 e. The Morgan fingerprint density at radius 1 is 1.90 bits per heavy atom. The molecule has 1 atom stereocenters. The lowest BCUT2D eigenvalue weighted by atomic mass is 10.5. The van der Waals surface area contributed by atoms with Crippen LogP contribution in [0.4, 0.5) is 0 Å². The molecule has 10 heavy (non-hydrogen) atoms. The molecule has 0 saturated heterocycles. The Kier molecular flexibility index (Phi) is 10.4. The molecule has 0 fully saturated rings. The summed E-state index contributed by atoms with van der Waals surface area (Å²) in [7, 11) is 0. The normalized spacial score (nSPS) is 10.7. The van der Waals surface area contributed by atoms with E-state index in [1.165, 1.54) is 0 Å². The van der Waals surface area contributed by atoms with Crippen LogP contribution in [0.15, 0.2) is 12.7 Å². The summed E-state index contributed by atoms with van der Waals surface area (Å²) in [6.45, 7) is 4.97. The number of thiol groups is 1. The van der Waals surface area contributed by atoms with Gasteiger partial charge in [-0.05, 0) is 0 Å². The number of hydrogen-bond donors (Lipinski definition) is 3. The maximum Gasteiger partial charge on any atom is 0.327 e. The summed E-state index contributed by atoms with van der Waals surface area (Å²) in [6, 6.07) is 0. The second-order valence-corrected chi connectivity index (χ2v) is 2.46. The largest absolute Gasteiger partial charge is 0.478 e. The number of aliphatic carboxylic acids is 1. The van der Waals surface area contributed by atoms with Crippen molar-refractivity contribution in [2.75, 3.05) is 6.61 Å². The van der Waals surface area contributed by atoms with Crippen LogP contribution in [0, 0.1) is 0 Å². The van der Waals surface area contributed by atoms with E-state index in [0.717, 1.165) is 6.08 Å². The van der Waals surface area contributed by atoms with Gasteiger partial charge in [0.1, 0.15) is 0 Å². The van der Waals surface area contributed by atoms with Gasteiger partial charge in [-0.3, -0.25) is 0 Å². The number of aliphatic hydroxyl groups is 1. The van der Waals surface area contributed by atoms with E-state index < -0.39 is 5.97 Å². The summed E-state index contributed by atoms with van der Waals surface area (Å²) in [5, 5.41) is 15.8. The zero-order valence-electron chi connectivity index (χ0n) is 5.82. The molecule has 4 heteroatoms. The predicted molar refractivity (Wildman–Crippen MR) is 43.4 cm³/mol. The maximum atomic E-state index is 9.25. The van der Waals surface area contributed by atoms with Gasteiger partial charge < -0.3 is 10.2 Å². The number of carboxylic acid groups (broad SMARTS) is 1. The molecule has 0 aliphatic rings. The second-order valence-electron chi connectivity index (χ2n) is 1.57. The van der Waals surface area contributed by atoms with Gasteiger partial charge in [-0.25, -0.2) is 4.79 Å². The highest BCUT2D eigenvalue weighted by atomic mass is 32.1. The van der Waals surface area contributed by atoms with E-state index in [9.17, 15) is 4.79 Å². The average Bonchev–Trinajstić information content (AvgIpc) is 1.89. The van der Waals surface area contributed by atoms with Crippen molar-refractivity contribution in [2.45, 2.75) is 12.2 Å². The summed E-state index contributed by atoms with van der Waals surface area (Å²) in [6.07, 6.45) is 0.833. The van der Waals surface area contributed by atoms with E-state index in [1.807, 2.05) is 6.92 Å². The number of hydrogen-bond acceptors (Lipinski definition) is 3. The van der Waals surface area contributed by atoms with Crippen molar-refractivity contribution in [2.24, 2.45) is 0 Å². The molecule has 0 aliphatic carbocycles. The highest BCUT2D eigenvalue weighted by molar-refractivity contribution is 7.80. The van der Waals surface area contributed by atoms with E-state index in [4.69, 9.17) is 10.2 Å². The van der Waals surface area contributed by atoms with Crippen molar-refractivity contribution < 1.29 is 15.0 Å². The summed E-state index contributed by atoms with van der Waals surface area (Å²) >= 11 is 3.85. The molecule has 0 aromatic rings. The number of aliphatic hydroxyl groups excluding tert-OH is 1. The Labute approximate surface area is 65.8 Å². The third kappa shape index (κ3) is 25.8. The van der Waals surface area contributed by atoms with Crippen LogP contribution < -0.4 is 0 Å². The standard InChI is InChI=1S/C3H4O2.C3H8OS/c1-2-3(4)5;1-3(5)2-4/h2H,1H2,(H,4,5);3-5H,2H2,1H3. The highest BCUT2D eigenvalue weighted by Crippen LogP contribution is 1.85. The molecule has 0 aliphatic heterocycles. The average molecular weight is 164 g/mol. The van der Waals surface area contributed by atoms with Crippen LogP contribution in [-0.2, 0) is 4.79 Å². The van der Waals surface area contributed by atoms with Gasteiger partial charge in [0.15, 0.2) is 0 Å². The molecule has 0 radical (unpaired) electrons. The first-order valence-electron chi connectivity index (χ1n) is 2.68. The molecule has 60 valence electrons. The molecule has 0 heterocycles. The van der Waals surface area contributed by atoms with Gasteiger partial charge in [-0.2, -0.15) is 12.6 Å². The predicted octanol–water partition coefficient (Wildman–Crippen LogP) is 0.554. The Morgan fingerprint density at radius 2 is 2.10 bits per heavy atom. The van der Waals surface area contributed by atoms with Gasteiger partial charge in [-0.1, -0.05) is 13.5 Å². The van der Waals surface area contributed by atoms with Gasteiger partial charge in [0.2, 0.25) is 0 Å². The highest BCUT2D eigenvalue weighted by Gasteiger charge is 1.82. The molecule has 0 rings (SSSR count). The van der Waals surface area contributed by atoms with Crippen LogP contribution in [0.2, 0.25) is 0 Å². The van der Waals surface area contributed by atoms with Crippen molar-refractivity contribution in [3.63, 3.8) is 0 Å². The van der Waals surface area contributed by atoms with Gasteiger partial charge in [0, 0.05) is 11.3 Å². The Hall–Kier alpha value is -0.480. The lowest BCUT2D eigenvalue weighted by molar-refractivity contribution is -0.131. The maximum absolute atomic E-state index is 9.25. The monoisotopic (exact) mass is 164 g/mol. The van der Waals surface area contributed by atoms with E-state index in [2.05, 4.69) is 19.2 Å². The third-order valence-electron chi connectivity index (χ3n) is 0.439. The van der Waals surface area contributed by atoms with Gasteiger partial charge >= 0.3 is 5.97 Å². The Bertz CT molecular complexity index is 101. The van der Waals surface area contributed by atoms with E-state index in [1.54, 1.807) is 0 Å². The molecule has 0 amide bonds. The van der Waals surface area contributed by atoms with Crippen LogP contribution in [-0.4, -0.2) is 28.0 Å². The van der Waals surface area contributed by atoms with Crippen molar-refractivity contribution >= 4 is 18.6 Å². The van der Waals surface area contributed by atoms with E-state index in [-0.39, 0.29) is 11.9 Å². The van der Waals surface area contributed by atoms with Crippen molar-refractivity contribution in [3.05, 3.63) is 12.7 Å². The molecule has 3 nitrogen and oxygen atoms in total. The van der Waals surface area contributed by atoms with Gasteiger partial charge in [0.05, 0.1) is 6.61 Å². The summed E-state index contributed by atoms with van der Waals surface area (Å²) in [5.74, 6) is -0.981. The number of carboxylic acids is 1. The lowest BCUT2D eigenvalue weighted by Gasteiger charge is -1.89. The Balaban J connectivity index is 0. The molecule has 0 bridgehead atoms. The quantitative estimate of drug-likeness (QED) is 0.413. The molecule has 1 unspecified atom stereocenters. The fraction of sp³-hybridized carbons (Fsp3) is 0.500. The molecule has 2 N–H and O–H groups in total. The summed E-state index contributed by atoms with van der Waals surface area (Å²) in [4.78, 5) is 9.25. The minimum absolute atomic E-state index is 0.134. The molecule has 0 saturated carbocycles. The van der Waals surface area contributed by atoms with Crippen LogP contribution >= 0.6 is 12.6 Å². The zero-order chi connectivity index (χ0) is 8.57. The first-order chi connectivity index (χ1) is 4.54. The van der Waals surface area contributed by atoms with Gasteiger partial charge in [0.25, 0.3) is 0 Å². The van der Waals surface area contributed by atoms with Crippen molar-refractivity contribution in [1.82, 2.24) is 0 Å². The minimum atomic E-state index is -0.981. The van der Waals surface area contributed by atoms with Crippen molar-refractivity contribution in [1.29, 1.82) is 0 Å². The van der Waals surface area contributed by atoms with Crippen LogP contribution in [0.1, 0.15) is 6.92 Å². The zero-order valence-corrected chi connectivity index (χ0v) is 6.71. The lowest BCUT2D eigenvalue weighted by Crippen LogP contribution is -1.95. The molecule has 0 aromatic carbocycles. The molecule has 0 aromatic heterocycles. The SMILES string of the molecule is C=CC(=O)O.CC(S)CO.